The summed E-state index contributed by atoms with van der Waals surface area (Å²) in [5.74, 6) is 0.550. The number of methoxy groups -OCH3 is 1. The summed E-state index contributed by atoms with van der Waals surface area (Å²) in [6.45, 7) is 0. The monoisotopic (exact) mass is 372 g/mol. The lowest BCUT2D eigenvalue weighted by molar-refractivity contribution is -0.0212. The summed E-state index contributed by atoms with van der Waals surface area (Å²) in [6, 6.07) is 24.0. The van der Waals surface area contributed by atoms with Gasteiger partial charge in [0.1, 0.15) is 11.5 Å². The fourth-order valence-electron chi connectivity index (χ4n) is 3.42. The number of benzene rings is 3. The largest absolute Gasteiger partial charge is 0.497 e. The van der Waals surface area contributed by atoms with E-state index in [2.05, 4.69) is 0 Å². The Morgan fingerprint density at radius 1 is 1.00 bits per heavy atom. The smallest absolute Gasteiger partial charge is 0.200 e. The van der Waals surface area contributed by atoms with Gasteiger partial charge in [-0.25, -0.2) is 0 Å². The summed E-state index contributed by atoms with van der Waals surface area (Å²) in [4.78, 5) is 13.1. The van der Waals surface area contributed by atoms with Gasteiger partial charge in [-0.05, 0) is 29.8 Å². The number of hydrogen-bond donors (Lipinski definition) is 1. The second-order valence-corrected chi connectivity index (χ2v) is 6.63. The van der Waals surface area contributed by atoms with Gasteiger partial charge in [0.15, 0.2) is 17.5 Å². The first-order valence-corrected chi connectivity index (χ1v) is 9.03. The zero-order valence-corrected chi connectivity index (χ0v) is 15.4. The SMILES string of the molecule is COc1ccc2c(c1)C(=O)C(O)C(C=Cc1ccccc1)(c1ccccc1)O2. The number of aliphatic hydroxyl groups is 1. The lowest BCUT2D eigenvalue weighted by Crippen LogP contribution is -2.51. The summed E-state index contributed by atoms with van der Waals surface area (Å²) in [5, 5.41) is 11.1. The first-order valence-electron chi connectivity index (χ1n) is 9.03. The molecule has 2 atom stereocenters. The van der Waals surface area contributed by atoms with E-state index >= 15 is 0 Å². The molecule has 1 aliphatic heterocycles. The molecule has 1 heterocycles. The Balaban J connectivity index is 1.86. The number of hydrogen-bond acceptors (Lipinski definition) is 4. The topological polar surface area (TPSA) is 55.8 Å². The highest BCUT2D eigenvalue weighted by Crippen LogP contribution is 2.42. The molecule has 0 spiro atoms. The predicted molar refractivity (Wildman–Crippen MR) is 108 cm³/mol. The van der Waals surface area contributed by atoms with E-state index in [9.17, 15) is 9.90 Å². The van der Waals surface area contributed by atoms with Crippen molar-refractivity contribution < 1.29 is 19.4 Å². The van der Waals surface area contributed by atoms with E-state index in [1.165, 1.54) is 7.11 Å². The summed E-state index contributed by atoms with van der Waals surface area (Å²) in [6.07, 6.45) is 2.22. The highest BCUT2D eigenvalue weighted by molar-refractivity contribution is 6.04. The molecule has 0 saturated heterocycles. The molecule has 0 fully saturated rings. The lowest BCUT2D eigenvalue weighted by Gasteiger charge is -2.40. The number of fused-ring (bicyclic) bond motifs is 1. The van der Waals surface area contributed by atoms with Crippen LogP contribution in [0, 0.1) is 0 Å². The van der Waals surface area contributed by atoms with Gasteiger partial charge >= 0.3 is 0 Å². The van der Waals surface area contributed by atoms with E-state index in [-0.39, 0.29) is 0 Å². The van der Waals surface area contributed by atoms with Gasteiger partial charge < -0.3 is 14.6 Å². The van der Waals surface area contributed by atoms with Crippen LogP contribution in [0.5, 0.6) is 11.5 Å². The van der Waals surface area contributed by atoms with Crippen molar-refractivity contribution in [2.24, 2.45) is 0 Å². The van der Waals surface area contributed by atoms with Gasteiger partial charge in [-0.3, -0.25) is 4.79 Å². The van der Waals surface area contributed by atoms with Gasteiger partial charge in [-0.1, -0.05) is 66.7 Å². The van der Waals surface area contributed by atoms with Crippen LogP contribution in [-0.2, 0) is 5.60 Å². The number of ketones is 1. The predicted octanol–water partition coefficient (Wildman–Crippen LogP) is 4.24. The minimum absolute atomic E-state index is 0.312. The Morgan fingerprint density at radius 2 is 1.68 bits per heavy atom. The van der Waals surface area contributed by atoms with Crippen LogP contribution in [0.4, 0.5) is 0 Å². The standard InChI is InChI=1S/C24H20O4/c1-27-19-12-13-21-20(16-19)22(25)23(26)24(28-21,18-10-6-3-7-11-18)15-14-17-8-4-2-5-9-17/h2-16,23,26H,1H3. The first kappa shape index (κ1) is 18.0. The van der Waals surface area contributed by atoms with Gasteiger partial charge in [0.25, 0.3) is 0 Å². The maximum atomic E-state index is 13.1. The highest BCUT2D eigenvalue weighted by atomic mass is 16.5. The number of carbonyl (C=O) groups is 1. The van der Waals surface area contributed by atoms with Crippen molar-refractivity contribution in [2.45, 2.75) is 11.7 Å². The van der Waals surface area contributed by atoms with E-state index in [0.717, 1.165) is 5.56 Å². The Kier molecular flexibility index (Phi) is 4.72. The summed E-state index contributed by atoms with van der Waals surface area (Å²) in [7, 11) is 1.53. The number of aliphatic hydroxyl groups excluding tert-OH is 1. The van der Waals surface area contributed by atoms with Crippen LogP contribution in [0.1, 0.15) is 21.5 Å². The van der Waals surface area contributed by atoms with Gasteiger partial charge in [0, 0.05) is 5.56 Å². The normalized spacial score (nSPS) is 21.2. The third-order valence-corrected chi connectivity index (χ3v) is 4.93. The molecule has 4 heteroatoms. The number of ether oxygens (including phenoxy) is 2. The van der Waals surface area contributed by atoms with Crippen molar-refractivity contribution in [1.82, 2.24) is 0 Å². The van der Waals surface area contributed by atoms with Gasteiger partial charge in [0.05, 0.1) is 12.7 Å². The van der Waals surface area contributed by atoms with E-state index in [0.29, 0.717) is 22.6 Å². The van der Waals surface area contributed by atoms with Crippen molar-refractivity contribution in [3.8, 4) is 11.5 Å². The Labute approximate surface area is 163 Å². The van der Waals surface area contributed by atoms with Crippen LogP contribution in [0.3, 0.4) is 0 Å². The molecule has 4 rings (SSSR count). The van der Waals surface area contributed by atoms with Crippen LogP contribution < -0.4 is 9.47 Å². The lowest BCUT2D eigenvalue weighted by atomic mass is 9.81. The Bertz CT molecular complexity index is 1010. The van der Waals surface area contributed by atoms with E-state index in [1.54, 1.807) is 24.3 Å². The van der Waals surface area contributed by atoms with Crippen molar-refractivity contribution in [3.63, 3.8) is 0 Å². The van der Waals surface area contributed by atoms with E-state index in [4.69, 9.17) is 9.47 Å². The fraction of sp³-hybridized carbons (Fsp3) is 0.125. The molecule has 0 aliphatic carbocycles. The summed E-state index contributed by atoms with van der Waals surface area (Å²) in [5.41, 5.74) is 0.632. The number of Topliss-reactive ketones (excluding diaryl/α,β-unsaturated/α-hetero) is 1. The quantitative estimate of drug-likeness (QED) is 0.744. The molecule has 1 N–H and O–H groups in total. The van der Waals surface area contributed by atoms with E-state index in [1.807, 2.05) is 66.7 Å². The van der Waals surface area contributed by atoms with Crippen molar-refractivity contribution in [3.05, 3.63) is 102 Å². The minimum atomic E-state index is -1.39. The summed E-state index contributed by atoms with van der Waals surface area (Å²) >= 11 is 0. The maximum absolute atomic E-state index is 13.1. The molecule has 0 saturated carbocycles. The van der Waals surface area contributed by atoms with Crippen LogP contribution in [0.15, 0.2) is 84.9 Å². The molecule has 28 heavy (non-hydrogen) atoms. The van der Waals surface area contributed by atoms with Crippen LogP contribution in [-0.4, -0.2) is 24.1 Å². The van der Waals surface area contributed by atoms with Gasteiger partial charge in [-0.2, -0.15) is 0 Å². The Morgan fingerprint density at radius 3 is 2.36 bits per heavy atom. The molecular weight excluding hydrogens is 352 g/mol. The van der Waals surface area contributed by atoms with Crippen LogP contribution in [0.25, 0.3) is 6.08 Å². The molecule has 0 bridgehead atoms. The molecular formula is C24H20O4. The molecule has 3 aromatic carbocycles. The molecule has 2 unspecified atom stereocenters. The summed E-state index contributed by atoms with van der Waals surface area (Å²) < 4.78 is 11.5. The van der Waals surface area contributed by atoms with Crippen molar-refractivity contribution in [2.75, 3.05) is 7.11 Å². The Hall–Kier alpha value is -3.37. The van der Waals surface area contributed by atoms with Crippen LogP contribution in [0.2, 0.25) is 0 Å². The molecule has 1 aliphatic rings. The van der Waals surface area contributed by atoms with Gasteiger partial charge in [0.2, 0.25) is 0 Å². The maximum Gasteiger partial charge on any atom is 0.200 e. The van der Waals surface area contributed by atoms with Crippen molar-refractivity contribution >= 4 is 11.9 Å². The zero-order chi connectivity index (χ0) is 19.6. The molecule has 140 valence electrons. The van der Waals surface area contributed by atoms with Crippen molar-refractivity contribution in [1.29, 1.82) is 0 Å². The van der Waals surface area contributed by atoms with Crippen LogP contribution >= 0.6 is 0 Å². The number of carbonyl (C=O) groups excluding carboxylic acids is 1. The van der Waals surface area contributed by atoms with Gasteiger partial charge in [-0.15, -0.1) is 0 Å². The average Bonchev–Trinajstić information content (AvgIpc) is 2.76. The second kappa shape index (κ2) is 7.33. The molecule has 0 radical (unpaired) electrons. The minimum Gasteiger partial charge on any atom is -0.497 e. The third-order valence-electron chi connectivity index (χ3n) is 4.93. The average molecular weight is 372 g/mol. The first-order chi connectivity index (χ1) is 13.6. The molecule has 3 aromatic rings. The fourth-order valence-corrected chi connectivity index (χ4v) is 3.42. The molecule has 0 amide bonds. The highest BCUT2D eigenvalue weighted by Gasteiger charge is 2.48. The second-order valence-electron chi connectivity index (χ2n) is 6.63. The molecule has 0 aromatic heterocycles. The zero-order valence-electron chi connectivity index (χ0n) is 15.4. The third kappa shape index (κ3) is 3.08. The van der Waals surface area contributed by atoms with E-state index < -0.39 is 17.5 Å². The number of rotatable bonds is 4. The molecule has 4 nitrogen and oxygen atoms in total.